The molecule has 0 saturated heterocycles. The minimum atomic E-state index is 0.492. The minimum absolute atomic E-state index is 0.492. The summed E-state index contributed by atoms with van der Waals surface area (Å²) in [6.07, 6.45) is 9.35. The van der Waals surface area contributed by atoms with Gasteiger partial charge in [-0.1, -0.05) is 30.3 Å². The second kappa shape index (κ2) is 7.74. The molecule has 0 aliphatic heterocycles. The monoisotopic (exact) mass is 257 g/mol. The highest BCUT2D eigenvalue weighted by Gasteiger charge is 2.01. The molecule has 0 fully saturated rings. The Morgan fingerprint density at radius 3 is 2.79 bits per heavy atom. The van der Waals surface area contributed by atoms with Crippen LogP contribution in [-0.2, 0) is 13.0 Å². The third kappa shape index (κ3) is 5.26. The van der Waals surface area contributed by atoms with Crippen molar-refractivity contribution in [3.8, 4) is 0 Å². The lowest BCUT2D eigenvalue weighted by atomic mass is 10.1. The van der Waals surface area contributed by atoms with Gasteiger partial charge < -0.3 is 9.88 Å². The summed E-state index contributed by atoms with van der Waals surface area (Å²) in [5.74, 6) is 0. The third-order valence-electron chi connectivity index (χ3n) is 3.27. The largest absolute Gasteiger partial charge is 0.336 e. The van der Waals surface area contributed by atoms with E-state index in [1.807, 2.05) is 18.7 Å². The number of aryl methyl sites for hydroxylation is 1. The smallest absolute Gasteiger partial charge is 0.0946 e. The van der Waals surface area contributed by atoms with Crippen LogP contribution in [0.5, 0.6) is 0 Å². The molecule has 0 amide bonds. The predicted molar refractivity (Wildman–Crippen MR) is 79.1 cm³/mol. The van der Waals surface area contributed by atoms with Gasteiger partial charge in [0.05, 0.1) is 6.33 Å². The number of imidazole rings is 1. The van der Waals surface area contributed by atoms with Gasteiger partial charge in [-0.15, -0.1) is 0 Å². The highest BCUT2D eigenvalue weighted by Crippen LogP contribution is 2.04. The van der Waals surface area contributed by atoms with E-state index in [0.29, 0.717) is 6.04 Å². The van der Waals surface area contributed by atoms with Gasteiger partial charge in [-0.2, -0.15) is 0 Å². The fourth-order valence-corrected chi connectivity index (χ4v) is 2.22. The predicted octanol–water partition coefficient (Wildman–Crippen LogP) is 2.88. The molecule has 1 aromatic carbocycles. The van der Waals surface area contributed by atoms with Crippen molar-refractivity contribution in [2.45, 2.75) is 38.8 Å². The van der Waals surface area contributed by atoms with Crippen molar-refractivity contribution in [1.82, 2.24) is 14.9 Å². The van der Waals surface area contributed by atoms with Crippen molar-refractivity contribution in [2.75, 3.05) is 6.54 Å². The second-order valence-corrected chi connectivity index (χ2v) is 5.06. The van der Waals surface area contributed by atoms with Crippen LogP contribution in [0.4, 0.5) is 0 Å². The number of hydrogen-bond donors (Lipinski definition) is 1. The van der Waals surface area contributed by atoms with Crippen LogP contribution in [0.15, 0.2) is 49.1 Å². The molecule has 0 saturated carbocycles. The Kier molecular flexibility index (Phi) is 5.63. The lowest BCUT2D eigenvalue weighted by Gasteiger charge is -2.14. The molecule has 1 N–H and O–H groups in total. The topological polar surface area (TPSA) is 29.9 Å². The molecule has 19 heavy (non-hydrogen) atoms. The summed E-state index contributed by atoms with van der Waals surface area (Å²) in [6, 6.07) is 11.2. The van der Waals surface area contributed by atoms with Crippen LogP contribution in [0.2, 0.25) is 0 Å². The molecule has 0 aliphatic rings. The molecule has 0 aliphatic carbocycles. The van der Waals surface area contributed by atoms with E-state index < -0.39 is 0 Å². The molecule has 1 unspecified atom stereocenters. The van der Waals surface area contributed by atoms with E-state index in [4.69, 9.17) is 0 Å². The van der Waals surface area contributed by atoms with Gasteiger partial charge in [-0.3, -0.25) is 0 Å². The van der Waals surface area contributed by atoms with Crippen molar-refractivity contribution in [3.63, 3.8) is 0 Å². The fourth-order valence-electron chi connectivity index (χ4n) is 2.22. The number of nitrogens with zero attached hydrogens (tertiary/aromatic N) is 2. The van der Waals surface area contributed by atoms with Crippen LogP contribution < -0.4 is 5.32 Å². The van der Waals surface area contributed by atoms with Crippen molar-refractivity contribution in [2.24, 2.45) is 0 Å². The second-order valence-electron chi connectivity index (χ2n) is 5.06. The first kappa shape index (κ1) is 13.8. The van der Waals surface area contributed by atoms with Crippen LogP contribution in [0.25, 0.3) is 0 Å². The van der Waals surface area contributed by atoms with E-state index in [1.165, 1.54) is 24.8 Å². The van der Waals surface area contributed by atoms with Gasteiger partial charge in [-0.25, -0.2) is 4.98 Å². The van der Waals surface area contributed by atoms with Gasteiger partial charge in [-0.05, 0) is 38.3 Å². The summed E-state index contributed by atoms with van der Waals surface area (Å²) in [5.41, 5.74) is 1.44. The van der Waals surface area contributed by atoms with Gasteiger partial charge >= 0.3 is 0 Å². The molecule has 0 radical (unpaired) electrons. The molecule has 1 heterocycles. The van der Waals surface area contributed by atoms with Gasteiger partial charge in [0.2, 0.25) is 0 Å². The van der Waals surface area contributed by atoms with Crippen molar-refractivity contribution >= 4 is 0 Å². The number of aromatic nitrogens is 2. The Labute approximate surface area is 115 Å². The van der Waals surface area contributed by atoms with Crippen LogP contribution in [0.1, 0.15) is 25.3 Å². The zero-order chi connectivity index (χ0) is 13.3. The quantitative estimate of drug-likeness (QED) is 0.737. The fraction of sp³-hybridized carbons (Fsp3) is 0.438. The highest BCUT2D eigenvalue weighted by atomic mass is 15.1. The van der Waals surface area contributed by atoms with Gasteiger partial charge in [0.15, 0.2) is 0 Å². The maximum absolute atomic E-state index is 4.05. The summed E-state index contributed by atoms with van der Waals surface area (Å²) < 4.78 is 2.11. The molecule has 3 nitrogen and oxygen atoms in total. The Balaban J connectivity index is 1.54. The summed E-state index contributed by atoms with van der Waals surface area (Å²) >= 11 is 0. The summed E-state index contributed by atoms with van der Waals surface area (Å²) in [6.45, 7) is 4.29. The molecular formula is C16H23N3. The van der Waals surface area contributed by atoms with E-state index in [9.17, 15) is 0 Å². The molecule has 0 spiro atoms. The zero-order valence-electron chi connectivity index (χ0n) is 11.6. The molecule has 2 aromatic rings. The first-order valence-corrected chi connectivity index (χ1v) is 7.07. The maximum Gasteiger partial charge on any atom is 0.0946 e. The Morgan fingerprint density at radius 2 is 2.05 bits per heavy atom. The standard InChI is InChI=1S/C16H23N3/c1-15(13-19-12-11-17-14-19)18-10-6-5-9-16-7-3-2-4-8-16/h2-4,7-8,11-12,14-15,18H,5-6,9-10,13H2,1H3. The third-order valence-corrected chi connectivity index (χ3v) is 3.27. The van der Waals surface area contributed by atoms with E-state index >= 15 is 0 Å². The van der Waals surface area contributed by atoms with E-state index in [-0.39, 0.29) is 0 Å². The average molecular weight is 257 g/mol. The number of unbranched alkanes of at least 4 members (excludes halogenated alkanes) is 1. The lowest BCUT2D eigenvalue weighted by molar-refractivity contribution is 0.468. The molecule has 2 rings (SSSR count). The molecule has 1 atom stereocenters. The molecule has 102 valence electrons. The highest BCUT2D eigenvalue weighted by molar-refractivity contribution is 5.14. The van der Waals surface area contributed by atoms with Crippen LogP contribution >= 0.6 is 0 Å². The van der Waals surface area contributed by atoms with Crippen molar-refractivity contribution in [3.05, 3.63) is 54.6 Å². The first-order valence-electron chi connectivity index (χ1n) is 7.07. The first-order chi connectivity index (χ1) is 9.34. The molecular weight excluding hydrogens is 234 g/mol. The van der Waals surface area contributed by atoms with E-state index in [2.05, 4.69) is 52.1 Å². The van der Waals surface area contributed by atoms with Gasteiger partial charge in [0.25, 0.3) is 0 Å². The summed E-state index contributed by atoms with van der Waals surface area (Å²) in [4.78, 5) is 4.05. The maximum atomic E-state index is 4.05. The number of hydrogen-bond acceptors (Lipinski definition) is 2. The van der Waals surface area contributed by atoms with E-state index in [0.717, 1.165) is 13.1 Å². The van der Waals surface area contributed by atoms with Crippen molar-refractivity contribution in [1.29, 1.82) is 0 Å². The number of rotatable bonds is 8. The number of nitrogens with one attached hydrogen (secondary N) is 1. The molecule has 1 aromatic heterocycles. The van der Waals surface area contributed by atoms with Crippen LogP contribution in [0.3, 0.4) is 0 Å². The molecule has 3 heteroatoms. The average Bonchev–Trinajstić information content (AvgIpc) is 2.92. The summed E-state index contributed by atoms with van der Waals surface area (Å²) in [5, 5.41) is 3.56. The Hall–Kier alpha value is -1.61. The Morgan fingerprint density at radius 1 is 1.21 bits per heavy atom. The van der Waals surface area contributed by atoms with Gasteiger partial charge in [0.1, 0.15) is 0 Å². The lowest BCUT2D eigenvalue weighted by Crippen LogP contribution is -2.30. The normalized spacial score (nSPS) is 12.5. The summed E-state index contributed by atoms with van der Waals surface area (Å²) in [7, 11) is 0. The van der Waals surface area contributed by atoms with Gasteiger partial charge in [0, 0.05) is 25.0 Å². The van der Waals surface area contributed by atoms with Crippen LogP contribution in [0, 0.1) is 0 Å². The molecule has 0 bridgehead atoms. The number of benzene rings is 1. The minimum Gasteiger partial charge on any atom is -0.336 e. The van der Waals surface area contributed by atoms with E-state index in [1.54, 1.807) is 0 Å². The van der Waals surface area contributed by atoms with Crippen LogP contribution in [-0.4, -0.2) is 22.1 Å². The van der Waals surface area contributed by atoms with Crippen molar-refractivity contribution < 1.29 is 0 Å². The Bertz CT molecular complexity index is 436. The zero-order valence-corrected chi connectivity index (χ0v) is 11.6. The SMILES string of the molecule is CC(Cn1ccnc1)NCCCCc1ccccc1.